The lowest BCUT2D eigenvalue weighted by Crippen LogP contribution is -2.47. The zero-order chi connectivity index (χ0) is 18.4. The molecule has 1 N–H and O–H groups in total. The quantitative estimate of drug-likeness (QED) is 0.743. The third-order valence-electron chi connectivity index (χ3n) is 3.91. The molecule has 25 heavy (non-hydrogen) atoms. The van der Waals surface area contributed by atoms with E-state index in [1.165, 1.54) is 36.3 Å². The average Bonchev–Trinajstić information content (AvgIpc) is 2.95. The van der Waals surface area contributed by atoms with Crippen molar-refractivity contribution in [2.75, 3.05) is 37.1 Å². The molecule has 0 spiro atoms. The van der Waals surface area contributed by atoms with Crippen LogP contribution in [-0.2, 0) is 24.2 Å². The van der Waals surface area contributed by atoms with Gasteiger partial charge in [0.05, 0.1) is 29.7 Å². The number of hydrogen-bond donors (Lipinski definition) is 1. The second kappa shape index (κ2) is 8.09. The summed E-state index contributed by atoms with van der Waals surface area (Å²) in [6.45, 7) is 0.336. The molecule has 0 aliphatic carbocycles. The fourth-order valence-corrected chi connectivity index (χ4v) is 4.33. The van der Waals surface area contributed by atoms with Crippen LogP contribution in [0.2, 0.25) is 0 Å². The molecule has 134 valence electrons. The zero-order valence-corrected chi connectivity index (χ0v) is 14.6. The summed E-state index contributed by atoms with van der Waals surface area (Å²) < 4.78 is 28.3. The molecule has 0 radical (unpaired) electrons. The summed E-state index contributed by atoms with van der Waals surface area (Å²) in [7, 11) is -1.73. The van der Waals surface area contributed by atoms with E-state index in [-0.39, 0.29) is 24.7 Å². The van der Waals surface area contributed by atoms with Gasteiger partial charge in [0.2, 0.25) is 0 Å². The van der Waals surface area contributed by atoms with E-state index in [1.807, 2.05) is 6.07 Å². The van der Waals surface area contributed by atoms with Crippen LogP contribution in [0.5, 0.6) is 0 Å². The molecule has 2 amide bonds. The Kier molecular flexibility index (Phi) is 6.12. The van der Waals surface area contributed by atoms with E-state index in [4.69, 9.17) is 10.00 Å². The normalized spacial score (nSPS) is 18.3. The fraction of sp³-hybridized carbons (Fsp3) is 0.438. The van der Waals surface area contributed by atoms with Crippen molar-refractivity contribution in [2.24, 2.45) is 0 Å². The molecule has 1 aromatic carbocycles. The highest BCUT2D eigenvalue weighted by Crippen LogP contribution is 2.18. The molecule has 1 saturated heterocycles. The first-order chi connectivity index (χ1) is 11.9. The van der Waals surface area contributed by atoms with E-state index in [0.29, 0.717) is 17.7 Å². The Morgan fingerprint density at radius 2 is 2.04 bits per heavy atom. The van der Waals surface area contributed by atoms with Crippen LogP contribution in [0.15, 0.2) is 24.3 Å². The van der Waals surface area contributed by atoms with E-state index >= 15 is 0 Å². The molecule has 1 heterocycles. The van der Waals surface area contributed by atoms with Gasteiger partial charge >= 0.3 is 11.8 Å². The Balaban J connectivity index is 2.09. The third-order valence-corrected chi connectivity index (χ3v) is 5.66. The number of carbonyl (C=O) groups excluding carboxylic acids is 2. The number of nitrogens with one attached hydrogen (secondary N) is 1. The number of methoxy groups -OCH3 is 1. The number of anilines is 1. The number of nitriles is 1. The summed E-state index contributed by atoms with van der Waals surface area (Å²) in [6, 6.07) is 7.50. The lowest BCUT2D eigenvalue weighted by molar-refractivity contribution is -0.144. The second-order valence-electron chi connectivity index (χ2n) is 5.69. The van der Waals surface area contributed by atoms with E-state index in [9.17, 15) is 18.0 Å². The first-order valence-corrected chi connectivity index (χ1v) is 9.50. The van der Waals surface area contributed by atoms with Gasteiger partial charge in [-0.05, 0) is 30.7 Å². The number of benzene rings is 1. The van der Waals surface area contributed by atoms with Gasteiger partial charge in [0, 0.05) is 25.4 Å². The van der Waals surface area contributed by atoms with Crippen LogP contribution in [-0.4, -0.2) is 62.9 Å². The van der Waals surface area contributed by atoms with Crippen LogP contribution < -0.4 is 5.32 Å². The summed E-state index contributed by atoms with van der Waals surface area (Å²) in [6.07, 6.45) is 0.307. The van der Waals surface area contributed by atoms with Gasteiger partial charge in [0.1, 0.15) is 0 Å². The lowest BCUT2D eigenvalue weighted by Gasteiger charge is -2.27. The van der Waals surface area contributed by atoms with Crippen LogP contribution in [0, 0.1) is 11.3 Å². The standard InChI is InChI=1S/C16H19N3O5S/c1-24-8-7-19(14-6-9-25(22,23)11-14)16(21)15(20)18-13-4-2-12(10-17)3-5-13/h2-5,14H,6-9,11H2,1H3,(H,18,20). The van der Waals surface area contributed by atoms with E-state index in [2.05, 4.69) is 5.32 Å². The Morgan fingerprint density at radius 3 is 2.56 bits per heavy atom. The molecule has 2 rings (SSSR count). The maximum atomic E-state index is 12.5. The molecule has 1 unspecified atom stereocenters. The first-order valence-electron chi connectivity index (χ1n) is 7.68. The van der Waals surface area contributed by atoms with Crippen molar-refractivity contribution < 1.29 is 22.7 Å². The second-order valence-corrected chi connectivity index (χ2v) is 7.92. The van der Waals surface area contributed by atoms with Crippen LogP contribution >= 0.6 is 0 Å². The van der Waals surface area contributed by atoms with Gasteiger partial charge < -0.3 is 15.0 Å². The molecule has 0 saturated carbocycles. The van der Waals surface area contributed by atoms with Crippen LogP contribution in [0.25, 0.3) is 0 Å². The van der Waals surface area contributed by atoms with Crippen molar-refractivity contribution in [3.05, 3.63) is 29.8 Å². The minimum absolute atomic E-state index is 0.00562. The SMILES string of the molecule is COCCN(C(=O)C(=O)Nc1ccc(C#N)cc1)C1CCS(=O)(=O)C1. The molecule has 0 aromatic heterocycles. The van der Waals surface area contributed by atoms with Crippen molar-refractivity contribution in [3.8, 4) is 6.07 Å². The van der Waals surface area contributed by atoms with Crippen molar-refractivity contribution in [1.29, 1.82) is 5.26 Å². The Morgan fingerprint density at radius 1 is 1.36 bits per heavy atom. The van der Waals surface area contributed by atoms with E-state index < -0.39 is 27.7 Å². The number of hydrogen-bond acceptors (Lipinski definition) is 6. The molecule has 9 heteroatoms. The maximum Gasteiger partial charge on any atom is 0.313 e. The number of amides is 2. The topological polar surface area (TPSA) is 117 Å². The molecule has 1 fully saturated rings. The van der Waals surface area contributed by atoms with Gasteiger partial charge in [-0.15, -0.1) is 0 Å². The van der Waals surface area contributed by atoms with Gasteiger partial charge in [-0.25, -0.2) is 8.42 Å². The highest BCUT2D eigenvalue weighted by molar-refractivity contribution is 7.91. The maximum absolute atomic E-state index is 12.5. The number of carbonyl (C=O) groups is 2. The molecule has 8 nitrogen and oxygen atoms in total. The van der Waals surface area contributed by atoms with Gasteiger partial charge in [0.15, 0.2) is 9.84 Å². The third kappa shape index (κ3) is 5.01. The van der Waals surface area contributed by atoms with Crippen LogP contribution in [0.3, 0.4) is 0 Å². The minimum Gasteiger partial charge on any atom is -0.383 e. The minimum atomic E-state index is -3.19. The highest BCUT2D eigenvalue weighted by Gasteiger charge is 2.36. The lowest BCUT2D eigenvalue weighted by atomic mass is 10.2. The van der Waals surface area contributed by atoms with Crippen molar-refractivity contribution in [3.63, 3.8) is 0 Å². The molecular formula is C16H19N3O5S. The van der Waals surface area contributed by atoms with Gasteiger partial charge in [-0.1, -0.05) is 0 Å². The Bertz CT molecular complexity index is 783. The van der Waals surface area contributed by atoms with Gasteiger partial charge in [0.25, 0.3) is 0 Å². The number of nitrogens with zero attached hydrogens (tertiary/aromatic N) is 2. The summed E-state index contributed by atoms with van der Waals surface area (Å²) in [4.78, 5) is 26.0. The summed E-state index contributed by atoms with van der Waals surface area (Å²) in [5, 5.41) is 11.2. The molecule has 0 bridgehead atoms. The summed E-state index contributed by atoms with van der Waals surface area (Å²) in [5.41, 5.74) is 0.810. The molecular weight excluding hydrogens is 346 g/mol. The largest absolute Gasteiger partial charge is 0.383 e. The number of rotatable bonds is 5. The summed E-state index contributed by atoms with van der Waals surface area (Å²) in [5.74, 6) is -1.80. The number of sulfone groups is 1. The molecule has 1 aromatic rings. The van der Waals surface area contributed by atoms with Gasteiger partial charge in [-0.3, -0.25) is 9.59 Å². The monoisotopic (exact) mass is 365 g/mol. The van der Waals surface area contributed by atoms with E-state index in [1.54, 1.807) is 0 Å². The van der Waals surface area contributed by atoms with Crippen molar-refractivity contribution in [2.45, 2.75) is 12.5 Å². The molecule has 1 aliphatic heterocycles. The van der Waals surface area contributed by atoms with E-state index in [0.717, 1.165) is 0 Å². The van der Waals surface area contributed by atoms with Gasteiger partial charge in [-0.2, -0.15) is 5.26 Å². The smallest absolute Gasteiger partial charge is 0.313 e. The highest BCUT2D eigenvalue weighted by atomic mass is 32.2. The van der Waals surface area contributed by atoms with Crippen molar-refractivity contribution >= 4 is 27.3 Å². The Labute approximate surface area is 146 Å². The van der Waals surface area contributed by atoms with Crippen molar-refractivity contribution in [1.82, 2.24) is 4.90 Å². The Hall–Kier alpha value is -2.44. The zero-order valence-electron chi connectivity index (χ0n) is 13.8. The predicted molar refractivity (Wildman–Crippen MR) is 90.4 cm³/mol. The van der Waals surface area contributed by atoms with Crippen LogP contribution in [0.4, 0.5) is 5.69 Å². The predicted octanol–water partition coefficient (Wildman–Crippen LogP) is 0.159. The first kappa shape index (κ1) is 18.9. The van der Waals surface area contributed by atoms with Crippen LogP contribution in [0.1, 0.15) is 12.0 Å². The summed E-state index contributed by atoms with van der Waals surface area (Å²) >= 11 is 0. The number of ether oxygens (including phenoxy) is 1. The molecule has 1 aliphatic rings. The fourth-order valence-electron chi connectivity index (χ4n) is 2.60. The molecule has 1 atom stereocenters. The average molecular weight is 365 g/mol.